The van der Waals surface area contributed by atoms with E-state index in [2.05, 4.69) is 27.5 Å². The Balaban J connectivity index is 1.42. The number of aliphatic hydroxyl groups is 1. The summed E-state index contributed by atoms with van der Waals surface area (Å²) in [6.45, 7) is 5.63. The van der Waals surface area contributed by atoms with Gasteiger partial charge in [-0.1, -0.05) is 6.58 Å². The maximum Gasteiger partial charge on any atom is 0.225 e. The molecule has 4 heterocycles. The van der Waals surface area contributed by atoms with Crippen molar-refractivity contribution in [2.24, 2.45) is 5.92 Å². The largest absolute Gasteiger partial charge is 0.396 e. The van der Waals surface area contributed by atoms with Crippen molar-refractivity contribution in [3.8, 4) is 17.2 Å². The van der Waals surface area contributed by atoms with Crippen LogP contribution in [0.3, 0.4) is 0 Å². The molecule has 3 fully saturated rings. The molecular weight excluding hydrogens is 464 g/mol. The second kappa shape index (κ2) is 9.56. The van der Waals surface area contributed by atoms with Gasteiger partial charge in [-0.05, 0) is 67.5 Å². The Kier molecular flexibility index (Phi) is 6.09. The summed E-state index contributed by atoms with van der Waals surface area (Å²) in [4.78, 5) is 31.1. The molecule has 1 amide bonds. The highest BCUT2D eigenvalue weighted by atomic mass is 16.3. The number of aliphatic hydroxyl groups excluding tert-OH is 1. The highest BCUT2D eigenvalue weighted by Gasteiger charge is 2.41. The lowest BCUT2D eigenvalue weighted by Crippen LogP contribution is -2.56. The van der Waals surface area contributed by atoms with E-state index in [4.69, 9.17) is 4.98 Å². The highest BCUT2D eigenvalue weighted by molar-refractivity contribution is 5.95. The number of hydrogen-bond acceptors (Lipinski definition) is 7. The van der Waals surface area contributed by atoms with Crippen LogP contribution in [-0.2, 0) is 4.79 Å². The number of rotatable bonds is 7. The molecule has 3 aromatic rings. The lowest BCUT2D eigenvalue weighted by molar-refractivity contribution is -0.135. The minimum Gasteiger partial charge on any atom is -0.396 e. The number of piperazine rings is 1. The molecule has 1 saturated heterocycles. The average Bonchev–Trinajstić information content (AvgIpc) is 3.85. The Morgan fingerprint density at radius 3 is 2.73 bits per heavy atom. The number of fused-ring (bicyclic) bond motifs is 1. The zero-order valence-corrected chi connectivity index (χ0v) is 20.8. The third-order valence-corrected chi connectivity index (χ3v) is 7.75. The molecule has 1 atom stereocenters. The molecule has 0 aromatic carbocycles. The molecule has 3 aromatic heterocycles. The van der Waals surface area contributed by atoms with E-state index < -0.39 is 0 Å². The van der Waals surface area contributed by atoms with Gasteiger partial charge in [0.15, 0.2) is 5.65 Å². The number of anilines is 1. The lowest BCUT2D eigenvalue weighted by Gasteiger charge is -2.42. The molecule has 8 heteroatoms. The second-order valence-electron chi connectivity index (χ2n) is 10.3. The van der Waals surface area contributed by atoms with Gasteiger partial charge in [0.25, 0.3) is 0 Å². The number of aromatic nitrogens is 3. The third-order valence-electron chi connectivity index (χ3n) is 7.75. The Morgan fingerprint density at radius 1 is 1.19 bits per heavy atom. The number of carbonyl (C=O) groups excluding carboxylic acids is 1. The third kappa shape index (κ3) is 4.44. The molecule has 3 aliphatic rings. The molecule has 37 heavy (non-hydrogen) atoms. The Hall–Kier alpha value is -3.83. The fourth-order valence-corrected chi connectivity index (χ4v) is 5.56. The highest BCUT2D eigenvalue weighted by Crippen LogP contribution is 2.46. The molecule has 1 unspecified atom stereocenters. The standard InChI is InChI=1S/C29H30N6O2/c1-2-21-15-23(22-4-3-10-31-28(22)32-21)24-14-20(16-30)29(33-27(24)19-7-8-19)34-11-12-35(26(37)9-13-36)25(17-34)18-5-6-18/h2-4,10,14-15,18-19,25,36H,1,5-9,11-13,17H2. The van der Waals surface area contributed by atoms with Gasteiger partial charge >= 0.3 is 0 Å². The van der Waals surface area contributed by atoms with E-state index >= 15 is 0 Å². The van der Waals surface area contributed by atoms with E-state index in [-0.39, 0.29) is 25.0 Å². The summed E-state index contributed by atoms with van der Waals surface area (Å²) in [5, 5.41) is 20.5. The van der Waals surface area contributed by atoms with Crippen molar-refractivity contribution in [1.82, 2.24) is 19.9 Å². The second-order valence-corrected chi connectivity index (χ2v) is 10.3. The Bertz CT molecular complexity index is 1420. The molecule has 8 nitrogen and oxygen atoms in total. The van der Waals surface area contributed by atoms with Gasteiger partial charge < -0.3 is 14.9 Å². The molecular formula is C29H30N6O2. The number of nitrogens with zero attached hydrogens (tertiary/aromatic N) is 6. The summed E-state index contributed by atoms with van der Waals surface area (Å²) in [5.41, 5.74) is 4.87. The molecule has 2 aliphatic carbocycles. The fourth-order valence-electron chi connectivity index (χ4n) is 5.56. The van der Waals surface area contributed by atoms with E-state index in [0.29, 0.717) is 48.5 Å². The monoisotopic (exact) mass is 494 g/mol. The number of hydrogen-bond donors (Lipinski definition) is 1. The Labute approximate surface area is 216 Å². The topological polar surface area (TPSA) is 106 Å². The summed E-state index contributed by atoms with van der Waals surface area (Å²) in [6, 6.07) is 10.4. The Morgan fingerprint density at radius 2 is 2.03 bits per heavy atom. The van der Waals surface area contributed by atoms with Gasteiger partial charge in [-0.2, -0.15) is 5.26 Å². The molecule has 2 saturated carbocycles. The van der Waals surface area contributed by atoms with Crippen molar-refractivity contribution < 1.29 is 9.90 Å². The quantitative estimate of drug-likeness (QED) is 0.531. The predicted molar refractivity (Wildman–Crippen MR) is 142 cm³/mol. The maximum absolute atomic E-state index is 12.7. The van der Waals surface area contributed by atoms with Crippen LogP contribution in [0.2, 0.25) is 0 Å². The normalized spacial score (nSPS) is 19.6. The van der Waals surface area contributed by atoms with Crippen LogP contribution in [-0.4, -0.2) is 63.1 Å². The average molecular weight is 495 g/mol. The van der Waals surface area contributed by atoms with Gasteiger partial charge in [0.05, 0.1) is 29.6 Å². The molecule has 0 spiro atoms. The molecule has 6 rings (SSSR count). The van der Waals surface area contributed by atoms with Gasteiger partial charge in [-0.15, -0.1) is 0 Å². The van der Waals surface area contributed by atoms with Crippen LogP contribution in [0.1, 0.15) is 55.0 Å². The van der Waals surface area contributed by atoms with Crippen molar-refractivity contribution >= 4 is 28.8 Å². The molecule has 0 bridgehead atoms. The van der Waals surface area contributed by atoms with E-state index in [1.165, 1.54) is 0 Å². The lowest BCUT2D eigenvalue weighted by atomic mass is 9.96. The minimum atomic E-state index is -0.129. The molecule has 0 radical (unpaired) electrons. The van der Waals surface area contributed by atoms with Crippen molar-refractivity contribution in [3.63, 3.8) is 0 Å². The SMILES string of the molecule is C=Cc1cc(-c2cc(C#N)c(N3CCN(C(=O)CCO)C(C4CC4)C3)nc2C2CC2)c2cccnc2n1. The smallest absolute Gasteiger partial charge is 0.225 e. The summed E-state index contributed by atoms with van der Waals surface area (Å²) in [5.74, 6) is 1.57. The van der Waals surface area contributed by atoms with Crippen LogP contribution >= 0.6 is 0 Å². The van der Waals surface area contributed by atoms with Crippen LogP contribution in [0.25, 0.3) is 28.2 Å². The number of amides is 1. The minimum absolute atomic E-state index is 0.0118. The zero-order chi connectivity index (χ0) is 25.5. The van der Waals surface area contributed by atoms with E-state index in [1.807, 2.05) is 29.2 Å². The van der Waals surface area contributed by atoms with Crippen molar-refractivity contribution in [2.75, 3.05) is 31.1 Å². The van der Waals surface area contributed by atoms with Gasteiger partial charge in [0, 0.05) is 49.1 Å². The molecule has 1 aliphatic heterocycles. The predicted octanol–water partition coefficient (Wildman–Crippen LogP) is 3.89. The van der Waals surface area contributed by atoms with Crippen molar-refractivity contribution in [1.29, 1.82) is 5.26 Å². The van der Waals surface area contributed by atoms with Gasteiger partial charge in [-0.25, -0.2) is 15.0 Å². The van der Waals surface area contributed by atoms with Crippen LogP contribution in [0, 0.1) is 17.2 Å². The van der Waals surface area contributed by atoms with Crippen molar-refractivity contribution in [3.05, 3.63) is 54.0 Å². The fraction of sp³-hybridized carbons (Fsp3) is 0.414. The van der Waals surface area contributed by atoms with E-state index in [0.717, 1.165) is 53.6 Å². The first-order valence-corrected chi connectivity index (χ1v) is 13.1. The summed E-state index contributed by atoms with van der Waals surface area (Å²) < 4.78 is 0. The number of nitriles is 1. The first-order valence-electron chi connectivity index (χ1n) is 13.1. The first-order chi connectivity index (χ1) is 18.1. The van der Waals surface area contributed by atoms with E-state index in [1.54, 1.807) is 12.3 Å². The summed E-state index contributed by atoms with van der Waals surface area (Å²) in [7, 11) is 0. The van der Waals surface area contributed by atoms with Crippen LogP contribution < -0.4 is 4.90 Å². The van der Waals surface area contributed by atoms with Crippen LogP contribution in [0.4, 0.5) is 5.82 Å². The van der Waals surface area contributed by atoms with Gasteiger partial charge in [0.2, 0.25) is 5.91 Å². The van der Waals surface area contributed by atoms with Crippen LogP contribution in [0.5, 0.6) is 0 Å². The van der Waals surface area contributed by atoms with E-state index in [9.17, 15) is 15.2 Å². The number of carbonyl (C=O) groups is 1. The first kappa shape index (κ1) is 23.6. The van der Waals surface area contributed by atoms with Crippen LogP contribution in [0.15, 0.2) is 37.0 Å². The zero-order valence-electron chi connectivity index (χ0n) is 20.8. The maximum atomic E-state index is 12.7. The summed E-state index contributed by atoms with van der Waals surface area (Å²) in [6.07, 6.45) is 7.99. The molecule has 1 N–H and O–H groups in total. The van der Waals surface area contributed by atoms with Crippen molar-refractivity contribution in [2.45, 2.75) is 44.1 Å². The summed E-state index contributed by atoms with van der Waals surface area (Å²) >= 11 is 0. The number of pyridine rings is 3. The molecule has 188 valence electrons. The van der Waals surface area contributed by atoms with Gasteiger partial charge in [-0.3, -0.25) is 4.79 Å². The van der Waals surface area contributed by atoms with Gasteiger partial charge in [0.1, 0.15) is 11.9 Å².